The lowest BCUT2D eigenvalue weighted by atomic mass is 10.00. The van der Waals surface area contributed by atoms with E-state index in [0.29, 0.717) is 22.8 Å². The molecule has 9 nitrogen and oxygen atoms in total. The second-order valence-corrected chi connectivity index (χ2v) is 16.2. The van der Waals surface area contributed by atoms with Gasteiger partial charge in [0.25, 0.3) is 0 Å². The van der Waals surface area contributed by atoms with Gasteiger partial charge < -0.3 is 14.7 Å². The molecule has 3 aromatic heterocycles. The molecule has 2 aromatic carbocycles. The highest BCUT2D eigenvalue weighted by atomic mass is 32.2. The van der Waals surface area contributed by atoms with Crippen molar-refractivity contribution in [2.24, 2.45) is 0 Å². The van der Waals surface area contributed by atoms with Gasteiger partial charge in [-0.05, 0) is 101 Å². The minimum Gasteiger partial charge on any atom is -0.366 e. The third-order valence-corrected chi connectivity index (χ3v) is 13.0. The Morgan fingerprint density at radius 2 is 1.78 bits per heavy atom. The van der Waals surface area contributed by atoms with Gasteiger partial charge in [0.1, 0.15) is 16.4 Å². The van der Waals surface area contributed by atoms with E-state index >= 15 is 0 Å². The lowest BCUT2D eigenvalue weighted by Gasteiger charge is -2.33. The Balaban J connectivity index is 0.988. The summed E-state index contributed by atoms with van der Waals surface area (Å²) < 4.78 is 32.7. The van der Waals surface area contributed by atoms with Gasteiger partial charge in [-0.1, -0.05) is 35.5 Å². The van der Waals surface area contributed by atoms with Crippen molar-refractivity contribution in [2.75, 3.05) is 38.0 Å². The van der Waals surface area contributed by atoms with Gasteiger partial charge in [-0.3, -0.25) is 4.90 Å². The van der Waals surface area contributed by atoms with Crippen molar-refractivity contribution in [3.8, 4) is 21.8 Å². The third kappa shape index (κ3) is 6.60. The number of nitrogens with zero attached hydrogens (tertiary/aromatic N) is 5. The van der Waals surface area contributed by atoms with Crippen LogP contribution in [-0.2, 0) is 16.4 Å². The number of anilines is 1. The van der Waals surface area contributed by atoms with Crippen LogP contribution in [0.5, 0.6) is 0 Å². The highest BCUT2D eigenvalue weighted by Crippen LogP contribution is 2.35. The molecule has 0 unspecified atom stereocenters. The Kier molecular flexibility index (Phi) is 8.91. The highest BCUT2D eigenvalue weighted by molar-refractivity contribution is 7.94. The van der Waals surface area contributed by atoms with Gasteiger partial charge in [-0.25, -0.2) is 18.4 Å². The molecule has 2 aliphatic rings. The molecule has 7 rings (SSSR count). The quantitative estimate of drug-likeness (QED) is 0.177. The molecular formula is C35H40N6O3S2. The Morgan fingerprint density at radius 1 is 0.978 bits per heavy atom. The zero-order chi connectivity index (χ0) is 31.7. The summed E-state index contributed by atoms with van der Waals surface area (Å²) in [5, 5.41) is 8.17. The minimum atomic E-state index is -3.41. The fourth-order valence-corrected chi connectivity index (χ4v) is 10.0. The van der Waals surface area contributed by atoms with Crippen molar-refractivity contribution in [3.05, 3.63) is 78.2 Å². The van der Waals surface area contributed by atoms with E-state index in [9.17, 15) is 8.42 Å². The van der Waals surface area contributed by atoms with Crippen LogP contribution in [0.2, 0.25) is 0 Å². The summed E-state index contributed by atoms with van der Waals surface area (Å²) in [5.41, 5.74) is 5.32. The lowest BCUT2D eigenvalue weighted by Crippen LogP contribution is -2.43. The number of likely N-dealkylation sites (tertiary alicyclic amines) is 2. The molecule has 1 N–H and O–H groups in total. The fraction of sp³-hybridized carbons (Fsp3) is 0.400. The molecule has 0 bridgehead atoms. The van der Waals surface area contributed by atoms with Gasteiger partial charge >= 0.3 is 0 Å². The average Bonchev–Trinajstić information content (AvgIpc) is 3.85. The van der Waals surface area contributed by atoms with Crippen molar-refractivity contribution in [2.45, 2.75) is 61.6 Å². The number of thiophene rings is 1. The molecule has 2 fully saturated rings. The Morgan fingerprint density at radius 3 is 2.57 bits per heavy atom. The molecule has 0 spiro atoms. The van der Waals surface area contributed by atoms with E-state index in [1.165, 1.54) is 48.4 Å². The predicted molar refractivity (Wildman–Crippen MR) is 184 cm³/mol. The van der Waals surface area contributed by atoms with Gasteiger partial charge in [0.2, 0.25) is 0 Å². The van der Waals surface area contributed by atoms with E-state index in [4.69, 9.17) is 9.51 Å². The number of para-hydroxylation sites is 1. The summed E-state index contributed by atoms with van der Waals surface area (Å²) in [6, 6.07) is 20.6. The van der Waals surface area contributed by atoms with Gasteiger partial charge in [0, 0.05) is 36.1 Å². The van der Waals surface area contributed by atoms with E-state index in [0.717, 1.165) is 59.0 Å². The number of rotatable bonds is 10. The lowest BCUT2D eigenvalue weighted by molar-refractivity contribution is 0.224. The molecule has 240 valence electrons. The number of hydrogen-bond donors (Lipinski definition) is 1. The first-order valence-corrected chi connectivity index (χ1v) is 18.5. The van der Waals surface area contributed by atoms with Gasteiger partial charge in [0.05, 0.1) is 21.3 Å². The van der Waals surface area contributed by atoms with Crippen molar-refractivity contribution in [1.29, 1.82) is 0 Å². The van der Waals surface area contributed by atoms with Crippen LogP contribution in [0, 0.1) is 6.92 Å². The normalized spacial score (nSPS) is 17.5. The second kappa shape index (κ2) is 13.2. The predicted octanol–water partition coefficient (Wildman–Crippen LogP) is 6.66. The van der Waals surface area contributed by atoms with Crippen LogP contribution in [0.25, 0.3) is 32.7 Å². The Labute approximate surface area is 274 Å². The van der Waals surface area contributed by atoms with Crippen molar-refractivity contribution in [1.82, 2.24) is 24.9 Å². The molecule has 2 saturated heterocycles. The maximum atomic E-state index is 13.5. The molecule has 5 aromatic rings. The largest absolute Gasteiger partial charge is 0.366 e. The maximum Gasteiger partial charge on any atom is 0.190 e. The molecule has 0 saturated carbocycles. The molecule has 11 heteroatoms. The van der Waals surface area contributed by atoms with Crippen LogP contribution >= 0.6 is 11.3 Å². The molecule has 0 aliphatic carbocycles. The van der Waals surface area contributed by atoms with Crippen molar-refractivity contribution in [3.63, 3.8) is 0 Å². The summed E-state index contributed by atoms with van der Waals surface area (Å²) in [4.78, 5) is 15.0. The zero-order valence-corrected chi connectivity index (χ0v) is 28.0. The highest BCUT2D eigenvalue weighted by Gasteiger charge is 2.33. The van der Waals surface area contributed by atoms with E-state index in [2.05, 4.69) is 74.6 Å². The van der Waals surface area contributed by atoms with Crippen LogP contribution < -0.4 is 5.32 Å². The number of aromatic nitrogens is 3. The average molecular weight is 657 g/mol. The third-order valence-electron chi connectivity index (χ3n) is 9.13. The van der Waals surface area contributed by atoms with E-state index in [1.807, 2.05) is 19.1 Å². The summed E-state index contributed by atoms with van der Waals surface area (Å²) in [6.07, 6.45) is 5.44. The van der Waals surface area contributed by atoms with E-state index in [1.54, 1.807) is 12.4 Å². The monoisotopic (exact) mass is 656 g/mol. The maximum absolute atomic E-state index is 13.5. The molecule has 1 atom stereocenters. The number of benzene rings is 2. The molecule has 5 heterocycles. The van der Waals surface area contributed by atoms with Gasteiger partial charge in [-0.2, -0.15) is 0 Å². The fourth-order valence-electron chi connectivity index (χ4n) is 6.79. The minimum absolute atomic E-state index is 0.115. The number of fused-ring (bicyclic) bond motifs is 1. The first-order valence-electron chi connectivity index (χ1n) is 16.2. The molecule has 46 heavy (non-hydrogen) atoms. The topological polar surface area (TPSA) is 104 Å². The van der Waals surface area contributed by atoms with E-state index in [-0.39, 0.29) is 11.3 Å². The van der Waals surface area contributed by atoms with Crippen LogP contribution in [-0.4, -0.2) is 77.4 Å². The van der Waals surface area contributed by atoms with Crippen LogP contribution in [0.4, 0.5) is 5.82 Å². The first-order chi connectivity index (χ1) is 22.3. The number of piperidine rings is 1. The second-order valence-electron chi connectivity index (χ2n) is 12.6. The number of aryl methyl sites for hydroxylation is 1. The summed E-state index contributed by atoms with van der Waals surface area (Å²) in [7, 11) is -3.41. The Bertz CT molecular complexity index is 1920. The van der Waals surface area contributed by atoms with Crippen LogP contribution in [0.1, 0.15) is 43.9 Å². The molecular weight excluding hydrogens is 617 g/mol. The molecule has 0 amide bonds. The van der Waals surface area contributed by atoms with Crippen molar-refractivity contribution < 1.29 is 12.9 Å². The SMILES string of the molecule is Cc1cc(-c2ccc(S(=O)(=O)C3CCN(C[C@H](C)Nc4ncnc5c(-c6cccc(CN7CCCC7)c6)cccc45)CC3)s2)on1. The molecule has 2 aliphatic heterocycles. The zero-order valence-electron chi connectivity index (χ0n) is 26.4. The summed E-state index contributed by atoms with van der Waals surface area (Å²) in [5.74, 6) is 1.43. The van der Waals surface area contributed by atoms with Crippen LogP contribution in [0.3, 0.4) is 0 Å². The number of hydrogen-bond acceptors (Lipinski definition) is 10. The first kappa shape index (κ1) is 31.0. The Hall–Kier alpha value is -3.64. The standard InChI is InChI=1S/C35H40N6O3S2/c1-24-19-31(44-39-24)32-11-12-33(45-32)46(42,43)28-13-17-41(18-14-28)21-25(2)38-35-30-10-6-9-29(34(30)36-23-37-35)27-8-5-7-26(20-27)22-40-15-3-4-16-40/h5-12,19-20,23,25,28H,3-4,13-18,21-22H2,1-2H3,(H,36,37,38)/t25-/m0/s1. The summed E-state index contributed by atoms with van der Waals surface area (Å²) in [6.45, 7) is 9.61. The number of nitrogens with one attached hydrogen (secondary N) is 1. The smallest absolute Gasteiger partial charge is 0.190 e. The van der Waals surface area contributed by atoms with Gasteiger partial charge in [-0.15, -0.1) is 11.3 Å². The van der Waals surface area contributed by atoms with Crippen LogP contribution in [0.15, 0.2) is 75.7 Å². The molecule has 0 radical (unpaired) electrons. The van der Waals surface area contributed by atoms with Gasteiger partial charge in [0.15, 0.2) is 15.6 Å². The van der Waals surface area contributed by atoms with Crippen molar-refractivity contribution >= 4 is 37.9 Å². The summed E-state index contributed by atoms with van der Waals surface area (Å²) >= 11 is 1.26. The van der Waals surface area contributed by atoms with E-state index < -0.39 is 9.84 Å². The number of sulfone groups is 1.